The van der Waals surface area contributed by atoms with Crippen molar-refractivity contribution in [2.75, 3.05) is 12.5 Å². The molecule has 1 aliphatic heterocycles. The lowest BCUT2D eigenvalue weighted by Crippen LogP contribution is -2.20. The Labute approximate surface area is 350 Å². The third kappa shape index (κ3) is 12.0. The maximum absolute atomic E-state index is 13.0. The average molecular weight is 851 g/mol. The van der Waals surface area contributed by atoms with Crippen LogP contribution in [-0.2, 0) is 12.8 Å². The summed E-state index contributed by atoms with van der Waals surface area (Å²) in [5.74, 6) is -0.441. The van der Waals surface area contributed by atoms with Crippen molar-refractivity contribution in [3.05, 3.63) is 141 Å². The molecule has 2 aliphatic rings. The van der Waals surface area contributed by atoms with Crippen LogP contribution in [-0.4, -0.2) is 73.8 Å². The van der Waals surface area contributed by atoms with Gasteiger partial charge in [0.15, 0.2) is 46.0 Å². The van der Waals surface area contributed by atoms with Crippen LogP contribution in [0.4, 0.5) is 10.2 Å². The third-order valence-corrected chi connectivity index (χ3v) is 8.76. The van der Waals surface area contributed by atoms with E-state index in [0.29, 0.717) is 27.8 Å². The molecule has 312 valence electrons. The number of phenols is 2. The fourth-order valence-corrected chi connectivity index (χ4v) is 5.61. The van der Waals surface area contributed by atoms with Gasteiger partial charge in [-0.05, 0) is 119 Å². The summed E-state index contributed by atoms with van der Waals surface area (Å²) in [6.07, 6.45) is 8.48. The summed E-state index contributed by atoms with van der Waals surface area (Å²) >= 11 is 5.81. The number of carbonyl (C=O) groups excluding carboxylic acids is 2. The largest absolute Gasteiger partial charge is 0.504 e. The number of aromatic hydroxyl groups is 2. The van der Waals surface area contributed by atoms with Crippen LogP contribution in [0.5, 0.6) is 23.0 Å². The minimum atomic E-state index is -0.480. The van der Waals surface area contributed by atoms with Gasteiger partial charge in [0.1, 0.15) is 5.82 Å². The summed E-state index contributed by atoms with van der Waals surface area (Å²) in [5, 5.41) is 48.0. The van der Waals surface area contributed by atoms with Crippen LogP contribution in [0.15, 0.2) is 110 Å². The molecule has 0 atom stereocenters. The molecule has 1 aliphatic carbocycles. The first-order chi connectivity index (χ1) is 29.5. The summed E-state index contributed by atoms with van der Waals surface area (Å²) in [4.78, 5) is 23.8. The van der Waals surface area contributed by atoms with Gasteiger partial charge in [0, 0.05) is 21.8 Å². The Morgan fingerprint density at radius 2 is 1.51 bits per heavy atom. The van der Waals surface area contributed by atoms with Crippen molar-refractivity contribution in [3.63, 3.8) is 0 Å². The number of H-pyrrole nitrogens is 1. The predicted molar refractivity (Wildman–Crippen MR) is 223 cm³/mol. The molecule has 2 amide bonds. The van der Waals surface area contributed by atoms with Crippen LogP contribution in [0, 0.1) is 5.82 Å². The Hall–Kier alpha value is -8.13. The number of hydrogen-bond acceptors (Lipinski definition) is 15. The van der Waals surface area contributed by atoms with Gasteiger partial charge in [-0.1, -0.05) is 29.8 Å². The highest BCUT2D eigenvalue weighted by Gasteiger charge is 2.21. The molecule has 19 nitrogen and oxygen atoms in total. The molecule has 0 radical (unpaired) electrons. The second-order valence-electron chi connectivity index (χ2n) is 12.8. The van der Waals surface area contributed by atoms with E-state index in [-0.39, 0.29) is 47.1 Å². The summed E-state index contributed by atoms with van der Waals surface area (Å²) in [5.41, 5.74) is 20.8. The van der Waals surface area contributed by atoms with Crippen molar-refractivity contribution in [2.24, 2.45) is 26.1 Å². The number of nitrogens with two attached hydrogens (primary N) is 2. The van der Waals surface area contributed by atoms with Crippen LogP contribution < -0.4 is 31.8 Å². The lowest BCUT2D eigenvalue weighted by atomic mass is 9.96. The standard InChI is InChI=1S/C15H15ClN4O.C15H11FN2O3.C10H10N6O3/c16-11-7-5-10(6-8-11)9-17-20-15(21)14-12-3-1-2-4-13(12)18-19-14;16-12-3-1-2-11(7-12)15(19)18-17-8-10-4-5-13-14(6-10)21-9-20-13;11-9(8-10(12)16-19-15-8)14-13-4-5-1-2-6(17)7(18)3-5/h5-9H,1-4H2,(H,18,19)(H,20,21);1-8H,9H2,(H,18,19);1-4,17-18H,(H2,11,14)(H2,12,16)/b17-9+;17-8+;13-4+. The average Bonchev–Trinajstić information content (AvgIpc) is 4.03. The fourth-order valence-electron chi connectivity index (χ4n) is 5.49. The molecule has 2 aromatic heterocycles. The van der Waals surface area contributed by atoms with Gasteiger partial charge in [0.2, 0.25) is 6.79 Å². The molecule has 6 aromatic rings. The number of amidine groups is 1. The quantitative estimate of drug-likeness (QED) is 0.0446. The smallest absolute Gasteiger partial charge is 0.292 e. The van der Waals surface area contributed by atoms with Crippen LogP contribution in [0.2, 0.25) is 5.02 Å². The Balaban J connectivity index is 0.000000153. The van der Waals surface area contributed by atoms with Crippen molar-refractivity contribution >= 4 is 53.7 Å². The number of hydrazone groups is 2. The van der Waals surface area contributed by atoms with E-state index in [1.807, 2.05) is 12.1 Å². The highest BCUT2D eigenvalue weighted by atomic mass is 35.5. The summed E-state index contributed by atoms with van der Waals surface area (Å²) in [7, 11) is 0. The second-order valence-corrected chi connectivity index (χ2v) is 13.2. The molecule has 8 rings (SSSR count). The van der Waals surface area contributed by atoms with Crippen molar-refractivity contribution in [1.29, 1.82) is 0 Å². The van der Waals surface area contributed by atoms with Crippen molar-refractivity contribution in [1.82, 2.24) is 31.4 Å². The first kappa shape index (κ1) is 42.5. The van der Waals surface area contributed by atoms with Crippen LogP contribution in [0.3, 0.4) is 0 Å². The van der Waals surface area contributed by atoms with Gasteiger partial charge in [-0.25, -0.2) is 19.9 Å². The van der Waals surface area contributed by atoms with Crippen LogP contribution in [0.25, 0.3) is 0 Å². The number of nitrogen functional groups attached to an aromatic ring is 1. The van der Waals surface area contributed by atoms with Crippen molar-refractivity contribution < 1.29 is 38.3 Å². The maximum atomic E-state index is 13.0. The van der Waals surface area contributed by atoms with Crippen molar-refractivity contribution in [3.8, 4) is 23.0 Å². The third-order valence-electron chi connectivity index (χ3n) is 8.51. The molecular formula is C40H36ClFN12O7. The maximum Gasteiger partial charge on any atom is 0.292 e. The molecule has 9 N–H and O–H groups in total. The minimum Gasteiger partial charge on any atom is -0.504 e. The number of halogens is 2. The van der Waals surface area contributed by atoms with Gasteiger partial charge in [0.25, 0.3) is 11.8 Å². The number of phenolic OH excluding ortho intramolecular Hbond substituents is 2. The molecule has 21 heteroatoms. The number of nitrogens with one attached hydrogen (secondary N) is 3. The first-order valence-corrected chi connectivity index (χ1v) is 18.5. The number of benzene rings is 4. The zero-order chi connectivity index (χ0) is 43.1. The highest BCUT2D eigenvalue weighted by molar-refractivity contribution is 6.30. The second kappa shape index (κ2) is 20.5. The lowest BCUT2D eigenvalue weighted by molar-refractivity contribution is 0.0943. The molecule has 3 heterocycles. The molecule has 0 fully saturated rings. The van der Waals surface area contributed by atoms with E-state index >= 15 is 0 Å². The molecule has 0 unspecified atom stereocenters. The summed E-state index contributed by atoms with van der Waals surface area (Å²) in [6.45, 7) is 0.201. The molecular weight excluding hydrogens is 815 g/mol. The number of ether oxygens (including phenoxy) is 2. The lowest BCUT2D eigenvalue weighted by Gasteiger charge is -2.10. The molecule has 61 heavy (non-hydrogen) atoms. The molecule has 0 spiro atoms. The number of amides is 2. The SMILES string of the molecule is N/C(=N\N=C\c1ccc(O)c(O)c1)c1nonc1N.O=C(N/N=C/c1ccc(Cl)cc1)c1n[nH]c2c1CCCC2.O=C(N/N=C/c1ccc2c(c1)OCO2)c1cccc(F)c1. The summed E-state index contributed by atoms with van der Waals surface area (Å²) < 4.78 is 27.8. The van der Waals surface area contributed by atoms with Gasteiger partial charge in [0.05, 0.1) is 18.6 Å². The molecule has 0 saturated heterocycles. The molecule has 0 bridgehead atoms. The number of hydrogen-bond donors (Lipinski definition) is 7. The van der Waals surface area contributed by atoms with E-state index in [0.717, 1.165) is 54.1 Å². The van der Waals surface area contributed by atoms with Crippen LogP contribution >= 0.6 is 11.6 Å². The Kier molecular flexibility index (Phi) is 14.3. The topological polar surface area (TPSA) is 286 Å². The highest BCUT2D eigenvalue weighted by Crippen LogP contribution is 2.32. The number of aromatic nitrogens is 4. The number of nitrogens with zero attached hydrogens (tertiary/aromatic N) is 7. The van der Waals surface area contributed by atoms with E-state index < -0.39 is 11.7 Å². The van der Waals surface area contributed by atoms with Crippen LogP contribution in [0.1, 0.15) is 67.3 Å². The minimum absolute atomic E-state index is 0.0127. The van der Waals surface area contributed by atoms with Gasteiger partial charge >= 0.3 is 0 Å². The number of aryl methyl sites for hydroxylation is 1. The predicted octanol–water partition coefficient (Wildman–Crippen LogP) is 4.83. The van der Waals surface area contributed by atoms with Gasteiger partial charge < -0.3 is 31.2 Å². The van der Waals surface area contributed by atoms with Gasteiger partial charge in [-0.3, -0.25) is 14.7 Å². The molecule has 0 saturated carbocycles. The Morgan fingerprint density at radius 3 is 2.26 bits per heavy atom. The normalized spacial score (nSPS) is 13.0. The van der Waals surface area contributed by atoms with E-state index in [9.17, 15) is 19.1 Å². The van der Waals surface area contributed by atoms with E-state index in [4.69, 9.17) is 37.6 Å². The zero-order valence-corrected chi connectivity index (χ0v) is 32.6. The van der Waals surface area contributed by atoms with E-state index in [2.05, 4.69) is 56.4 Å². The molecule has 4 aromatic carbocycles. The number of carbonyl (C=O) groups is 2. The van der Waals surface area contributed by atoms with Crippen molar-refractivity contribution in [2.45, 2.75) is 25.7 Å². The van der Waals surface area contributed by atoms with E-state index in [1.54, 1.807) is 36.5 Å². The monoisotopic (exact) mass is 850 g/mol. The Bertz CT molecular complexity index is 2610. The summed E-state index contributed by atoms with van der Waals surface area (Å²) in [6, 6.07) is 22.1. The number of fused-ring (bicyclic) bond motifs is 2. The Morgan fingerprint density at radius 1 is 0.803 bits per heavy atom. The first-order valence-electron chi connectivity index (χ1n) is 18.1. The van der Waals surface area contributed by atoms with Gasteiger partial charge in [-0.2, -0.15) is 20.4 Å². The number of aromatic amines is 1. The van der Waals surface area contributed by atoms with Gasteiger partial charge in [-0.15, -0.1) is 5.10 Å². The number of anilines is 1. The zero-order valence-electron chi connectivity index (χ0n) is 31.8. The number of rotatable bonds is 9. The van der Waals surface area contributed by atoms with E-state index in [1.165, 1.54) is 48.8 Å². The fraction of sp³-hybridized carbons (Fsp3) is 0.125.